The molecular formula is C22H17BrN4O2. The molecule has 0 aliphatic carbocycles. The van der Waals surface area contributed by atoms with Crippen molar-refractivity contribution in [2.75, 3.05) is 0 Å². The van der Waals surface area contributed by atoms with Gasteiger partial charge in [0.15, 0.2) is 0 Å². The van der Waals surface area contributed by atoms with Crippen LogP contribution in [0.25, 0.3) is 0 Å². The zero-order valence-electron chi connectivity index (χ0n) is 15.6. The molecule has 1 aliphatic rings. The monoisotopic (exact) mass is 448 g/mol. The van der Waals surface area contributed by atoms with Gasteiger partial charge < -0.3 is 15.0 Å². The number of ether oxygens (including phenoxy) is 1. The van der Waals surface area contributed by atoms with E-state index in [1.54, 1.807) is 16.8 Å². The smallest absolute Gasteiger partial charge is 0.259 e. The molecule has 0 bridgehead atoms. The van der Waals surface area contributed by atoms with Gasteiger partial charge in [0.25, 0.3) is 5.56 Å². The highest BCUT2D eigenvalue weighted by atomic mass is 79.9. The molecule has 1 aliphatic heterocycles. The van der Waals surface area contributed by atoms with Crippen LogP contribution in [-0.2, 0) is 6.54 Å². The average Bonchev–Trinajstić information content (AvgIpc) is 2.71. The van der Waals surface area contributed by atoms with Gasteiger partial charge in [-0.3, -0.25) is 9.78 Å². The number of halogens is 1. The Kier molecular flexibility index (Phi) is 4.95. The lowest BCUT2D eigenvalue weighted by Crippen LogP contribution is -2.33. The summed E-state index contributed by atoms with van der Waals surface area (Å²) < 4.78 is 8.22. The lowest BCUT2D eigenvalue weighted by Gasteiger charge is -2.27. The molecule has 144 valence electrons. The maximum Gasteiger partial charge on any atom is 0.259 e. The van der Waals surface area contributed by atoms with Crippen molar-refractivity contribution in [1.82, 2.24) is 9.55 Å². The number of allylic oxidation sites excluding steroid dienone is 1. The van der Waals surface area contributed by atoms with Crippen molar-refractivity contribution in [3.63, 3.8) is 0 Å². The molecule has 29 heavy (non-hydrogen) atoms. The summed E-state index contributed by atoms with van der Waals surface area (Å²) >= 11 is 3.42. The number of pyridine rings is 2. The van der Waals surface area contributed by atoms with Crippen LogP contribution in [0.2, 0.25) is 0 Å². The van der Waals surface area contributed by atoms with E-state index < -0.39 is 5.92 Å². The van der Waals surface area contributed by atoms with Gasteiger partial charge in [-0.05, 0) is 36.8 Å². The van der Waals surface area contributed by atoms with E-state index in [9.17, 15) is 10.1 Å². The van der Waals surface area contributed by atoms with Crippen LogP contribution in [0.3, 0.4) is 0 Å². The zero-order valence-corrected chi connectivity index (χ0v) is 17.2. The first-order valence-electron chi connectivity index (χ1n) is 8.97. The second-order valence-electron chi connectivity index (χ2n) is 6.75. The van der Waals surface area contributed by atoms with Crippen LogP contribution in [0.15, 0.2) is 75.5 Å². The number of hydrogen-bond acceptors (Lipinski definition) is 5. The first kappa shape index (κ1) is 19.0. The maximum atomic E-state index is 13.5. The second kappa shape index (κ2) is 7.57. The molecule has 3 aromatic rings. The molecule has 2 N–H and O–H groups in total. The van der Waals surface area contributed by atoms with Crippen molar-refractivity contribution in [1.29, 1.82) is 5.26 Å². The van der Waals surface area contributed by atoms with Crippen molar-refractivity contribution in [2.45, 2.75) is 19.4 Å². The number of aromatic nitrogens is 2. The van der Waals surface area contributed by atoms with E-state index in [4.69, 9.17) is 10.5 Å². The third-order valence-electron chi connectivity index (χ3n) is 4.94. The zero-order chi connectivity index (χ0) is 20.5. The van der Waals surface area contributed by atoms with E-state index >= 15 is 0 Å². The summed E-state index contributed by atoms with van der Waals surface area (Å²) in [5.41, 5.74) is 8.72. The number of hydrogen-bond donors (Lipinski definition) is 1. The Labute approximate surface area is 176 Å². The number of rotatable bonds is 3. The van der Waals surface area contributed by atoms with Crippen molar-refractivity contribution in [2.24, 2.45) is 5.73 Å². The number of fused-ring (bicyclic) bond motifs is 1. The van der Waals surface area contributed by atoms with Gasteiger partial charge in [-0.15, -0.1) is 0 Å². The van der Waals surface area contributed by atoms with E-state index in [1.165, 1.54) is 0 Å². The van der Waals surface area contributed by atoms with Crippen molar-refractivity contribution >= 4 is 15.9 Å². The summed E-state index contributed by atoms with van der Waals surface area (Å²) in [5, 5.41) is 9.73. The number of nitrogens with zero attached hydrogens (tertiary/aromatic N) is 3. The van der Waals surface area contributed by atoms with Crippen LogP contribution in [-0.4, -0.2) is 9.55 Å². The third-order valence-corrected chi connectivity index (χ3v) is 5.47. The summed E-state index contributed by atoms with van der Waals surface area (Å²) in [4.78, 5) is 17.9. The van der Waals surface area contributed by atoms with E-state index in [-0.39, 0.29) is 17.0 Å². The predicted molar refractivity (Wildman–Crippen MR) is 112 cm³/mol. The molecule has 6 nitrogen and oxygen atoms in total. The van der Waals surface area contributed by atoms with Crippen molar-refractivity contribution in [3.8, 4) is 11.8 Å². The average molecular weight is 449 g/mol. The van der Waals surface area contributed by atoms with Crippen LogP contribution in [0, 0.1) is 18.3 Å². The predicted octanol–water partition coefficient (Wildman–Crippen LogP) is 3.58. The molecular weight excluding hydrogens is 432 g/mol. The highest BCUT2D eigenvalue weighted by molar-refractivity contribution is 9.10. The molecule has 0 amide bonds. The molecule has 7 heteroatoms. The fraction of sp³-hybridized carbons (Fsp3) is 0.136. The van der Waals surface area contributed by atoms with Gasteiger partial charge in [-0.2, -0.15) is 5.26 Å². The van der Waals surface area contributed by atoms with Crippen LogP contribution in [0.4, 0.5) is 0 Å². The molecule has 1 aromatic carbocycles. The number of aryl methyl sites for hydroxylation is 1. The summed E-state index contributed by atoms with van der Waals surface area (Å²) in [7, 11) is 0. The van der Waals surface area contributed by atoms with Crippen LogP contribution < -0.4 is 16.0 Å². The van der Waals surface area contributed by atoms with E-state index in [0.717, 1.165) is 21.4 Å². The summed E-state index contributed by atoms with van der Waals surface area (Å²) in [6.07, 6.45) is 1.69. The van der Waals surface area contributed by atoms with Gasteiger partial charge in [0.05, 0.1) is 23.7 Å². The van der Waals surface area contributed by atoms with Crippen LogP contribution >= 0.6 is 15.9 Å². The minimum absolute atomic E-state index is 0.0224. The Morgan fingerprint density at radius 1 is 1.28 bits per heavy atom. The Hall–Kier alpha value is -3.37. The molecule has 0 fully saturated rings. The molecule has 1 atom stereocenters. The van der Waals surface area contributed by atoms with E-state index in [0.29, 0.717) is 17.9 Å². The molecule has 2 aromatic heterocycles. The lowest BCUT2D eigenvalue weighted by molar-refractivity contribution is 0.389. The van der Waals surface area contributed by atoms with Gasteiger partial charge in [-0.25, -0.2) is 0 Å². The number of benzene rings is 1. The summed E-state index contributed by atoms with van der Waals surface area (Å²) in [5.74, 6) is -0.191. The van der Waals surface area contributed by atoms with Gasteiger partial charge >= 0.3 is 0 Å². The third kappa shape index (κ3) is 3.43. The van der Waals surface area contributed by atoms with Gasteiger partial charge in [-0.1, -0.05) is 34.1 Å². The summed E-state index contributed by atoms with van der Waals surface area (Å²) in [6, 6.07) is 17.0. The largest absolute Gasteiger partial charge is 0.440 e. The molecule has 0 saturated heterocycles. The first-order valence-corrected chi connectivity index (χ1v) is 9.76. The molecule has 4 rings (SSSR count). The Morgan fingerprint density at radius 3 is 2.69 bits per heavy atom. The minimum Gasteiger partial charge on any atom is -0.440 e. The standard InChI is InChI=1S/C22H17BrN4O2/c1-13-10-18-20(22(28)27(13)12-16-4-2-3-9-26-16)19(17(11-24)21(25)29-18)14-5-7-15(23)8-6-14/h2-10,19H,12,25H2,1H3/t19-/m0/s1. The first-order chi connectivity index (χ1) is 14.0. The fourth-order valence-corrected chi connectivity index (χ4v) is 3.79. The molecule has 0 saturated carbocycles. The fourth-order valence-electron chi connectivity index (χ4n) is 3.52. The molecule has 0 spiro atoms. The SMILES string of the molecule is Cc1cc2c(c(=O)n1Cc1ccccn1)[C@@H](c1ccc(Br)cc1)C(C#N)=C(N)O2. The molecule has 0 unspecified atom stereocenters. The van der Waals surface area contributed by atoms with Crippen molar-refractivity contribution < 1.29 is 4.74 Å². The number of nitrogens with two attached hydrogens (primary N) is 1. The second-order valence-corrected chi connectivity index (χ2v) is 7.67. The van der Waals surface area contributed by atoms with Crippen molar-refractivity contribution in [3.05, 3.63) is 104 Å². The van der Waals surface area contributed by atoms with Crippen LogP contribution in [0.5, 0.6) is 5.75 Å². The Morgan fingerprint density at radius 2 is 2.03 bits per heavy atom. The quantitative estimate of drug-likeness (QED) is 0.660. The topological polar surface area (TPSA) is 93.9 Å². The van der Waals surface area contributed by atoms with Gasteiger partial charge in [0.2, 0.25) is 5.88 Å². The van der Waals surface area contributed by atoms with Gasteiger partial charge in [0.1, 0.15) is 17.4 Å². The maximum absolute atomic E-state index is 13.5. The van der Waals surface area contributed by atoms with E-state index in [2.05, 4.69) is 27.0 Å². The lowest BCUT2D eigenvalue weighted by atomic mass is 9.84. The summed E-state index contributed by atoms with van der Waals surface area (Å²) in [6.45, 7) is 2.16. The van der Waals surface area contributed by atoms with Crippen LogP contribution in [0.1, 0.15) is 28.4 Å². The van der Waals surface area contributed by atoms with Gasteiger partial charge in [0, 0.05) is 22.4 Å². The highest BCUT2D eigenvalue weighted by Crippen LogP contribution is 2.40. The number of nitriles is 1. The minimum atomic E-state index is -0.597. The normalized spacial score (nSPS) is 15.4. The Balaban J connectivity index is 1.92. The highest BCUT2D eigenvalue weighted by Gasteiger charge is 2.34. The van der Waals surface area contributed by atoms with E-state index in [1.807, 2.05) is 49.4 Å². The molecule has 3 heterocycles. The molecule has 0 radical (unpaired) electrons. The Bertz CT molecular complexity index is 1210.